The minimum Gasteiger partial charge on any atom is -0.294 e. The summed E-state index contributed by atoms with van der Waals surface area (Å²) in [5.74, 6) is 0.302. The van der Waals surface area contributed by atoms with Crippen molar-refractivity contribution in [3.05, 3.63) is 0 Å². The van der Waals surface area contributed by atoms with Crippen LogP contribution in [0.15, 0.2) is 0 Å². The predicted octanol–water partition coefficient (Wildman–Crippen LogP) is 0.465. The fraction of sp³-hybridized carbons (Fsp3) is 1.00. The Bertz CT molecular complexity index is 274. The van der Waals surface area contributed by atoms with E-state index in [1.165, 1.54) is 0 Å². The second kappa shape index (κ2) is 3.53. The molecule has 0 radical (unpaired) electrons. The molecule has 0 bridgehead atoms. The minimum absolute atomic E-state index is 0.139. The van der Waals surface area contributed by atoms with Gasteiger partial charge in [0, 0.05) is 18.6 Å². The molecule has 1 aliphatic heterocycles. The van der Waals surface area contributed by atoms with Crippen LogP contribution in [0.4, 0.5) is 4.39 Å². The van der Waals surface area contributed by atoms with Crippen molar-refractivity contribution in [2.45, 2.75) is 19.4 Å². The highest BCUT2D eigenvalue weighted by Gasteiger charge is 2.36. The van der Waals surface area contributed by atoms with Crippen LogP contribution in [0.5, 0.6) is 0 Å². The summed E-state index contributed by atoms with van der Waals surface area (Å²) in [6, 6.07) is 0. The Balaban J connectivity index is 2.73. The lowest BCUT2D eigenvalue weighted by Crippen LogP contribution is -2.55. The zero-order valence-electron chi connectivity index (χ0n) is 8.09. The van der Waals surface area contributed by atoms with Crippen molar-refractivity contribution in [1.29, 1.82) is 0 Å². The number of sulfone groups is 1. The van der Waals surface area contributed by atoms with Crippen LogP contribution in [0.3, 0.4) is 0 Å². The summed E-state index contributed by atoms with van der Waals surface area (Å²) in [6.45, 7) is 4.07. The molecule has 78 valence electrons. The molecule has 1 aliphatic rings. The van der Waals surface area contributed by atoms with Gasteiger partial charge in [-0.15, -0.1) is 0 Å². The molecule has 0 spiro atoms. The van der Waals surface area contributed by atoms with Crippen molar-refractivity contribution < 1.29 is 12.8 Å². The molecule has 0 atom stereocenters. The smallest absolute Gasteiger partial charge is 0.153 e. The Labute approximate surface area is 78.8 Å². The highest BCUT2D eigenvalue weighted by molar-refractivity contribution is 7.91. The molecule has 0 N–H and O–H groups in total. The molecule has 1 saturated heterocycles. The van der Waals surface area contributed by atoms with Crippen LogP contribution in [0.1, 0.15) is 13.8 Å². The van der Waals surface area contributed by atoms with E-state index in [-0.39, 0.29) is 11.5 Å². The summed E-state index contributed by atoms with van der Waals surface area (Å²) in [5, 5.41) is 0. The van der Waals surface area contributed by atoms with E-state index in [1.54, 1.807) is 0 Å². The lowest BCUT2D eigenvalue weighted by molar-refractivity contribution is 0.129. The molecular formula is C8H16FNO2S. The summed E-state index contributed by atoms with van der Waals surface area (Å²) >= 11 is 0. The van der Waals surface area contributed by atoms with Gasteiger partial charge in [0.2, 0.25) is 0 Å². The Kier molecular flexibility index (Phi) is 2.97. The van der Waals surface area contributed by atoms with Crippen LogP contribution in [0.25, 0.3) is 0 Å². The van der Waals surface area contributed by atoms with Crippen molar-refractivity contribution in [2.75, 3.05) is 31.3 Å². The molecule has 1 heterocycles. The Morgan fingerprint density at radius 3 is 2.54 bits per heavy atom. The fourth-order valence-corrected chi connectivity index (χ4v) is 3.67. The number of rotatable bonds is 2. The Morgan fingerprint density at radius 1 is 1.46 bits per heavy atom. The van der Waals surface area contributed by atoms with Gasteiger partial charge in [-0.3, -0.25) is 4.90 Å². The predicted molar refractivity (Wildman–Crippen MR) is 50.3 cm³/mol. The number of hydrogen-bond acceptors (Lipinski definition) is 3. The average molecular weight is 209 g/mol. The van der Waals surface area contributed by atoms with Crippen LogP contribution >= 0.6 is 0 Å². The third-order valence-electron chi connectivity index (χ3n) is 2.46. The SMILES string of the molecule is CC1(C)CS(=O)(=O)CCN1CCF. The molecule has 0 aliphatic carbocycles. The maximum absolute atomic E-state index is 12.1. The van der Waals surface area contributed by atoms with Gasteiger partial charge in [0.05, 0.1) is 11.5 Å². The molecule has 0 aromatic heterocycles. The van der Waals surface area contributed by atoms with E-state index in [4.69, 9.17) is 0 Å². The first-order valence-corrected chi connectivity index (χ1v) is 6.21. The summed E-state index contributed by atoms with van der Waals surface area (Å²) in [6.07, 6.45) is 0. The maximum Gasteiger partial charge on any atom is 0.153 e. The van der Waals surface area contributed by atoms with E-state index in [9.17, 15) is 12.8 Å². The van der Waals surface area contributed by atoms with Gasteiger partial charge in [-0.1, -0.05) is 0 Å². The third-order valence-corrected chi connectivity index (χ3v) is 4.41. The average Bonchev–Trinajstić information content (AvgIpc) is 1.93. The van der Waals surface area contributed by atoms with E-state index >= 15 is 0 Å². The van der Waals surface area contributed by atoms with Crippen molar-refractivity contribution in [3.63, 3.8) is 0 Å². The lowest BCUT2D eigenvalue weighted by Gasteiger charge is -2.41. The van der Waals surface area contributed by atoms with E-state index < -0.39 is 22.1 Å². The number of alkyl halides is 1. The molecule has 0 aromatic carbocycles. The molecule has 0 unspecified atom stereocenters. The molecule has 0 saturated carbocycles. The summed E-state index contributed by atoms with van der Waals surface area (Å²) in [4.78, 5) is 1.90. The van der Waals surface area contributed by atoms with E-state index in [0.717, 1.165) is 0 Å². The van der Waals surface area contributed by atoms with Crippen LogP contribution in [0, 0.1) is 0 Å². The van der Waals surface area contributed by atoms with Crippen molar-refractivity contribution in [3.8, 4) is 0 Å². The molecule has 1 rings (SSSR count). The highest BCUT2D eigenvalue weighted by atomic mass is 32.2. The maximum atomic E-state index is 12.1. The topological polar surface area (TPSA) is 37.4 Å². The standard InChI is InChI=1S/C8H16FNO2S/c1-8(2)7-13(11,12)6-5-10(8)4-3-9/h3-7H2,1-2H3. The normalized spacial score (nSPS) is 27.3. The van der Waals surface area contributed by atoms with Gasteiger partial charge in [0.15, 0.2) is 9.84 Å². The van der Waals surface area contributed by atoms with Gasteiger partial charge in [-0.2, -0.15) is 0 Å². The Hall–Kier alpha value is -0.160. The summed E-state index contributed by atoms with van der Waals surface area (Å²) in [7, 11) is -2.91. The molecule has 3 nitrogen and oxygen atoms in total. The van der Waals surface area contributed by atoms with Crippen molar-refractivity contribution in [2.24, 2.45) is 0 Å². The fourth-order valence-electron chi connectivity index (χ4n) is 1.77. The van der Waals surface area contributed by atoms with Crippen molar-refractivity contribution >= 4 is 9.84 Å². The molecule has 1 fully saturated rings. The number of hydrogen-bond donors (Lipinski definition) is 0. The van der Waals surface area contributed by atoms with Gasteiger partial charge in [-0.25, -0.2) is 12.8 Å². The second-order valence-corrected chi connectivity index (χ2v) is 6.26. The number of halogens is 1. The lowest BCUT2D eigenvalue weighted by atomic mass is 10.1. The molecule has 5 heteroatoms. The van der Waals surface area contributed by atoms with E-state index in [2.05, 4.69) is 0 Å². The van der Waals surface area contributed by atoms with E-state index in [0.29, 0.717) is 13.1 Å². The molecule has 13 heavy (non-hydrogen) atoms. The Morgan fingerprint density at radius 2 is 2.08 bits per heavy atom. The van der Waals surface area contributed by atoms with Crippen LogP contribution in [-0.4, -0.2) is 50.1 Å². The summed E-state index contributed by atoms with van der Waals surface area (Å²) in [5.41, 5.74) is -0.414. The van der Waals surface area contributed by atoms with Crippen molar-refractivity contribution in [1.82, 2.24) is 4.90 Å². The third kappa shape index (κ3) is 2.64. The molecule has 0 aromatic rings. The molecular weight excluding hydrogens is 193 g/mol. The van der Waals surface area contributed by atoms with Gasteiger partial charge in [0.1, 0.15) is 6.67 Å². The van der Waals surface area contributed by atoms with Crippen LogP contribution in [0.2, 0.25) is 0 Å². The largest absolute Gasteiger partial charge is 0.294 e. The van der Waals surface area contributed by atoms with Gasteiger partial charge in [0.25, 0.3) is 0 Å². The van der Waals surface area contributed by atoms with E-state index in [1.807, 2.05) is 18.7 Å². The summed E-state index contributed by atoms with van der Waals surface area (Å²) < 4.78 is 34.7. The van der Waals surface area contributed by atoms with Gasteiger partial charge in [-0.05, 0) is 13.8 Å². The zero-order valence-corrected chi connectivity index (χ0v) is 8.90. The monoisotopic (exact) mass is 209 g/mol. The zero-order chi connectivity index (χ0) is 10.1. The first kappa shape index (κ1) is 10.9. The number of nitrogens with zero attached hydrogens (tertiary/aromatic N) is 1. The quantitative estimate of drug-likeness (QED) is 0.663. The second-order valence-electron chi connectivity index (χ2n) is 4.08. The van der Waals surface area contributed by atoms with Crippen LogP contribution in [-0.2, 0) is 9.84 Å². The van der Waals surface area contributed by atoms with Gasteiger partial charge >= 0.3 is 0 Å². The van der Waals surface area contributed by atoms with Crippen LogP contribution < -0.4 is 0 Å². The first-order chi connectivity index (χ1) is 5.87. The first-order valence-electron chi connectivity index (χ1n) is 4.39. The van der Waals surface area contributed by atoms with Gasteiger partial charge < -0.3 is 0 Å². The molecule has 0 amide bonds. The minimum atomic E-state index is -2.91. The highest BCUT2D eigenvalue weighted by Crippen LogP contribution is 2.21.